The van der Waals surface area contributed by atoms with Crippen molar-refractivity contribution in [2.45, 2.75) is 32.9 Å². The Balaban J connectivity index is 1.97. The molecule has 0 aliphatic heterocycles. The minimum absolute atomic E-state index is 0.249. The van der Waals surface area contributed by atoms with Gasteiger partial charge in [0.15, 0.2) is 0 Å². The highest BCUT2D eigenvalue weighted by Crippen LogP contribution is 2.23. The zero-order chi connectivity index (χ0) is 22.1. The summed E-state index contributed by atoms with van der Waals surface area (Å²) in [5.41, 5.74) is 2.02. The number of nitrogens with one attached hydrogen (secondary N) is 3. The van der Waals surface area contributed by atoms with Crippen molar-refractivity contribution in [1.82, 2.24) is 10.2 Å². The smallest absolute Gasteiger partial charge is 0.412 e. The number of carbonyl (C=O) groups is 2. The highest BCUT2D eigenvalue weighted by atomic mass is 16.6. The molecule has 2 aromatic rings. The van der Waals surface area contributed by atoms with E-state index in [2.05, 4.69) is 20.9 Å². The van der Waals surface area contributed by atoms with Crippen molar-refractivity contribution in [3.63, 3.8) is 0 Å². The van der Waals surface area contributed by atoms with Crippen LogP contribution >= 0.6 is 0 Å². The predicted octanol–water partition coefficient (Wildman–Crippen LogP) is 3.94. The van der Waals surface area contributed by atoms with E-state index in [9.17, 15) is 9.59 Å². The van der Waals surface area contributed by atoms with Crippen molar-refractivity contribution in [1.29, 1.82) is 0 Å². The van der Waals surface area contributed by atoms with Crippen LogP contribution in [0, 0.1) is 0 Å². The van der Waals surface area contributed by atoms with Crippen LogP contribution in [0.15, 0.2) is 48.5 Å². The molecule has 0 spiro atoms. The van der Waals surface area contributed by atoms with Gasteiger partial charge in [0.2, 0.25) is 0 Å². The number of benzene rings is 2. The molecule has 0 aromatic heterocycles. The Labute approximate surface area is 178 Å². The van der Waals surface area contributed by atoms with E-state index in [0.717, 1.165) is 25.2 Å². The first-order chi connectivity index (χ1) is 14.1. The summed E-state index contributed by atoms with van der Waals surface area (Å²) in [6.45, 7) is 8.00. The second kappa shape index (κ2) is 10.8. The highest BCUT2D eigenvalue weighted by molar-refractivity contribution is 6.06. The van der Waals surface area contributed by atoms with Crippen molar-refractivity contribution >= 4 is 23.4 Å². The molecule has 0 unspecified atom stereocenters. The van der Waals surface area contributed by atoms with Gasteiger partial charge < -0.3 is 20.3 Å². The van der Waals surface area contributed by atoms with Gasteiger partial charge >= 0.3 is 6.09 Å². The van der Waals surface area contributed by atoms with Gasteiger partial charge in [-0.25, -0.2) is 4.79 Å². The van der Waals surface area contributed by atoms with Crippen LogP contribution in [-0.2, 0) is 11.3 Å². The summed E-state index contributed by atoms with van der Waals surface area (Å²) in [5, 5.41) is 8.90. The lowest BCUT2D eigenvalue weighted by atomic mass is 10.1. The zero-order valence-electron chi connectivity index (χ0n) is 18.4. The molecule has 7 nitrogen and oxygen atoms in total. The van der Waals surface area contributed by atoms with Crippen LogP contribution in [0.25, 0.3) is 0 Å². The summed E-state index contributed by atoms with van der Waals surface area (Å²) >= 11 is 0. The molecular formula is C23H32N4O3. The van der Waals surface area contributed by atoms with E-state index in [1.165, 1.54) is 0 Å². The van der Waals surface area contributed by atoms with Gasteiger partial charge in [-0.1, -0.05) is 24.3 Å². The van der Waals surface area contributed by atoms with Gasteiger partial charge in [0, 0.05) is 25.2 Å². The normalized spacial score (nSPS) is 11.3. The van der Waals surface area contributed by atoms with Gasteiger partial charge in [0.05, 0.1) is 11.4 Å². The average molecular weight is 413 g/mol. The largest absolute Gasteiger partial charge is 0.444 e. The van der Waals surface area contributed by atoms with E-state index in [0.29, 0.717) is 16.9 Å². The van der Waals surface area contributed by atoms with Crippen LogP contribution < -0.4 is 16.0 Å². The van der Waals surface area contributed by atoms with Gasteiger partial charge in [-0.3, -0.25) is 10.1 Å². The van der Waals surface area contributed by atoms with Crippen molar-refractivity contribution in [2.75, 3.05) is 37.8 Å². The predicted molar refractivity (Wildman–Crippen MR) is 121 cm³/mol. The summed E-state index contributed by atoms with van der Waals surface area (Å²) in [4.78, 5) is 26.8. The van der Waals surface area contributed by atoms with E-state index in [4.69, 9.17) is 4.74 Å². The number of carbonyl (C=O) groups excluding carboxylic acids is 2. The Morgan fingerprint density at radius 3 is 2.10 bits per heavy atom. The van der Waals surface area contributed by atoms with E-state index in [-0.39, 0.29) is 5.91 Å². The van der Waals surface area contributed by atoms with Gasteiger partial charge in [0.1, 0.15) is 5.60 Å². The topological polar surface area (TPSA) is 82.7 Å². The van der Waals surface area contributed by atoms with E-state index in [1.54, 1.807) is 57.2 Å². The Kier molecular flexibility index (Phi) is 8.38. The molecular weight excluding hydrogens is 380 g/mol. The number of rotatable bonds is 8. The highest BCUT2D eigenvalue weighted by Gasteiger charge is 2.17. The fraction of sp³-hybridized carbons (Fsp3) is 0.391. The van der Waals surface area contributed by atoms with Crippen molar-refractivity contribution in [2.24, 2.45) is 0 Å². The monoisotopic (exact) mass is 412 g/mol. The second-order valence-corrected chi connectivity index (χ2v) is 8.30. The maximum atomic E-state index is 12.7. The molecule has 0 bridgehead atoms. The molecule has 0 radical (unpaired) electrons. The Hall–Kier alpha value is -2.90. The molecule has 0 fully saturated rings. The number of hydrogen-bond donors (Lipinski definition) is 3. The number of ether oxygens (including phenoxy) is 1. The van der Waals surface area contributed by atoms with Crippen molar-refractivity contribution in [3.8, 4) is 0 Å². The molecule has 0 aliphatic carbocycles. The summed E-state index contributed by atoms with van der Waals surface area (Å²) in [7, 11) is 4.08. The quantitative estimate of drug-likeness (QED) is 0.572. The molecule has 0 heterocycles. The Morgan fingerprint density at radius 2 is 1.53 bits per heavy atom. The second-order valence-electron chi connectivity index (χ2n) is 8.30. The van der Waals surface area contributed by atoms with Gasteiger partial charge in [-0.05, 0) is 64.7 Å². The SMILES string of the molecule is CN(C)CCNCc1ccc(C(=O)Nc2ccccc2NC(=O)OC(C)(C)C)cc1. The molecule has 2 aromatic carbocycles. The van der Waals surface area contributed by atoms with E-state index in [1.807, 2.05) is 26.2 Å². The van der Waals surface area contributed by atoms with Crippen molar-refractivity contribution in [3.05, 3.63) is 59.7 Å². The first-order valence-corrected chi connectivity index (χ1v) is 9.99. The summed E-state index contributed by atoms with van der Waals surface area (Å²) < 4.78 is 5.28. The fourth-order valence-electron chi connectivity index (χ4n) is 2.62. The number of anilines is 2. The molecule has 7 heteroatoms. The van der Waals surface area contributed by atoms with Crippen LogP contribution in [0.4, 0.5) is 16.2 Å². The molecule has 0 saturated carbocycles. The Bertz CT molecular complexity index is 842. The molecule has 0 aliphatic rings. The fourth-order valence-corrected chi connectivity index (χ4v) is 2.62. The first kappa shape index (κ1) is 23.4. The summed E-state index contributed by atoms with van der Waals surface area (Å²) in [6.07, 6.45) is -0.574. The maximum absolute atomic E-state index is 12.7. The molecule has 3 N–H and O–H groups in total. The zero-order valence-corrected chi connectivity index (χ0v) is 18.4. The standard InChI is InChI=1S/C23H32N4O3/c1-23(2,3)30-22(29)26-20-9-7-6-8-19(20)25-21(28)18-12-10-17(11-13-18)16-24-14-15-27(4)5/h6-13,24H,14-16H2,1-5H3,(H,25,28)(H,26,29). The first-order valence-electron chi connectivity index (χ1n) is 9.99. The molecule has 162 valence electrons. The van der Waals surface area contributed by atoms with Gasteiger partial charge in [-0.15, -0.1) is 0 Å². The number of likely N-dealkylation sites (N-methyl/N-ethyl adjacent to an activating group) is 1. The summed E-state index contributed by atoms with van der Waals surface area (Å²) in [5.74, 6) is -0.249. The molecule has 30 heavy (non-hydrogen) atoms. The number of nitrogens with zero attached hydrogens (tertiary/aromatic N) is 1. The van der Waals surface area contributed by atoms with Gasteiger partial charge in [-0.2, -0.15) is 0 Å². The van der Waals surface area contributed by atoms with Crippen molar-refractivity contribution < 1.29 is 14.3 Å². The molecule has 0 atom stereocenters. The Morgan fingerprint density at radius 1 is 0.933 bits per heavy atom. The third-order valence-corrected chi connectivity index (χ3v) is 4.09. The third kappa shape index (κ3) is 8.23. The van der Waals surface area contributed by atoms with E-state index < -0.39 is 11.7 Å². The maximum Gasteiger partial charge on any atom is 0.412 e. The summed E-state index contributed by atoms with van der Waals surface area (Å²) in [6, 6.07) is 14.5. The molecule has 0 saturated heterocycles. The molecule has 2 rings (SSSR count). The number of para-hydroxylation sites is 2. The minimum Gasteiger partial charge on any atom is -0.444 e. The van der Waals surface area contributed by atoms with Gasteiger partial charge in [0.25, 0.3) is 5.91 Å². The average Bonchev–Trinajstić information content (AvgIpc) is 2.65. The molecule has 2 amide bonds. The third-order valence-electron chi connectivity index (χ3n) is 4.09. The van der Waals surface area contributed by atoms with Crippen LogP contribution in [0.1, 0.15) is 36.7 Å². The lowest BCUT2D eigenvalue weighted by molar-refractivity contribution is 0.0635. The van der Waals surface area contributed by atoms with Crippen LogP contribution in [0.2, 0.25) is 0 Å². The van der Waals surface area contributed by atoms with Crippen LogP contribution in [0.3, 0.4) is 0 Å². The minimum atomic E-state index is -0.606. The van der Waals surface area contributed by atoms with E-state index >= 15 is 0 Å². The number of amides is 2. The lowest BCUT2D eigenvalue weighted by Crippen LogP contribution is -2.27. The van der Waals surface area contributed by atoms with Crippen LogP contribution in [-0.4, -0.2) is 49.7 Å². The van der Waals surface area contributed by atoms with Crippen LogP contribution in [0.5, 0.6) is 0 Å². The lowest BCUT2D eigenvalue weighted by Gasteiger charge is -2.20. The number of hydrogen-bond acceptors (Lipinski definition) is 5.